The van der Waals surface area contributed by atoms with Crippen molar-refractivity contribution in [2.24, 2.45) is 0 Å². The lowest BCUT2D eigenvalue weighted by Gasteiger charge is -2.30. The number of hydrogen-bond donors (Lipinski definition) is 1. The Morgan fingerprint density at radius 1 is 1.50 bits per heavy atom. The fourth-order valence-corrected chi connectivity index (χ4v) is 2.38. The number of aliphatic carboxylic acids is 1. The lowest BCUT2D eigenvalue weighted by Crippen LogP contribution is -2.42. The van der Waals surface area contributed by atoms with Gasteiger partial charge in [0.05, 0.1) is 10.4 Å². The van der Waals surface area contributed by atoms with E-state index in [1.807, 2.05) is 6.92 Å². The van der Waals surface area contributed by atoms with Crippen LogP contribution in [0.15, 0.2) is 11.7 Å². The Bertz CT molecular complexity index is 453. The second kappa shape index (κ2) is 6.69. The van der Waals surface area contributed by atoms with Gasteiger partial charge in [0, 0.05) is 12.7 Å². The number of amides is 1. The summed E-state index contributed by atoms with van der Waals surface area (Å²) in [7, 11) is 0. The number of rotatable bonds is 5. The zero-order valence-corrected chi connectivity index (χ0v) is 12.9. The molecule has 112 valence electrons. The van der Waals surface area contributed by atoms with Crippen molar-refractivity contribution in [3.8, 4) is 0 Å². The van der Waals surface area contributed by atoms with E-state index in [2.05, 4.69) is 4.98 Å². The van der Waals surface area contributed by atoms with Gasteiger partial charge in [0.15, 0.2) is 6.04 Å². The largest absolute Gasteiger partial charge is 0.479 e. The summed E-state index contributed by atoms with van der Waals surface area (Å²) in [6.07, 6.45) is 1.48. The van der Waals surface area contributed by atoms with Crippen LogP contribution in [0.5, 0.6) is 0 Å². The van der Waals surface area contributed by atoms with Gasteiger partial charge in [-0.2, -0.15) is 0 Å². The van der Waals surface area contributed by atoms with Gasteiger partial charge >= 0.3 is 12.1 Å². The molecule has 0 radical (unpaired) electrons. The molecule has 0 spiro atoms. The number of carbonyl (C=O) groups excluding carboxylic acids is 1. The van der Waals surface area contributed by atoms with Crippen LogP contribution in [0.1, 0.15) is 45.0 Å². The van der Waals surface area contributed by atoms with Gasteiger partial charge in [-0.15, -0.1) is 11.3 Å². The summed E-state index contributed by atoms with van der Waals surface area (Å²) < 4.78 is 5.29. The van der Waals surface area contributed by atoms with Crippen molar-refractivity contribution in [1.29, 1.82) is 0 Å². The molecule has 0 saturated carbocycles. The van der Waals surface area contributed by atoms with Crippen molar-refractivity contribution in [2.75, 3.05) is 6.54 Å². The first-order chi connectivity index (χ1) is 9.26. The van der Waals surface area contributed by atoms with Crippen LogP contribution in [0.2, 0.25) is 0 Å². The molecule has 0 aromatic carbocycles. The molecule has 1 N–H and O–H groups in total. The molecule has 1 amide bonds. The van der Waals surface area contributed by atoms with Gasteiger partial charge in [-0.1, -0.05) is 6.92 Å². The average Bonchev–Trinajstić information content (AvgIpc) is 2.79. The molecule has 1 heterocycles. The predicted octanol–water partition coefficient (Wildman–Crippen LogP) is 2.92. The first kappa shape index (κ1) is 16.4. The molecule has 0 saturated heterocycles. The molecule has 0 aliphatic carbocycles. The van der Waals surface area contributed by atoms with E-state index < -0.39 is 23.7 Å². The lowest BCUT2D eigenvalue weighted by molar-refractivity contribution is -0.143. The first-order valence-electron chi connectivity index (χ1n) is 6.37. The number of thiazole rings is 1. The Balaban J connectivity index is 3.03. The zero-order chi connectivity index (χ0) is 15.3. The summed E-state index contributed by atoms with van der Waals surface area (Å²) in [5, 5.41) is 9.42. The molecular weight excluding hydrogens is 280 g/mol. The molecule has 1 aromatic rings. The fraction of sp³-hybridized carbons (Fsp3) is 0.615. The van der Waals surface area contributed by atoms with Crippen molar-refractivity contribution in [1.82, 2.24) is 9.88 Å². The zero-order valence-electron chi connectivity index (χ0n) is 12.1. The number of aromatic nitrogens is 1. The van der Waals surface area contributed by atoms with Gasteiger partial charge in [-0.05, 0) is 27.2 Å². The predicted molar refractivity (Wildman–Crippen MR) is 75.7 cm³/mol. The van der Waals surface area contributed by atoms with Crippen LogP contribution < -0.4 is 0 Å². The normalized spacial score (nSPS) is 12.8. The van der Waals surface area contributed by atoms with E-state index in [4.69, 9.17) is 4.74 Å². The van der Waals surface area contributed by atoms with Crippen LogP contribution in [-0.2, 0) is 9.53 Å². The standard InChI is InChI=1S/C13H20N2O4S/c1-5-6-15(12(18)19-13(2,3)4)10(11(16)17)9-7-14-8-20-9/h7-8,10H,5-6H2,1-4H3,(H,16,17). The third kappa shape index (κ3) is 4.48. The monoisotopic (exact) mass is 300 g/mol. The first-order valence-corrected chi connectivity index (χ1v) is 7.25. The van der Waals surface area contributed by atoms with Crippen LogP contribution in [0.25, 0.3) is 0 Å². The molecule has 0 aliphatic rings. The second-order valence-electron chi connectivity index (χ2n) is 5.32. The molecule has 0 bridgehead atoms. The summed E-state index contributed by atoms with van der Waals surface area (Å²) in [5.41, 5.74) is 0.879. The molecule has 0 fully saturated rings. The van der Waals surface area contributed by atoms with E-state index in [1.54, 1.807) is 26.3 Å². The number of carboxylic acids is 1. The maximum absolute atomic E-state index is 12.2. The van der Waals surface area contributed by atoms with Crippen LogP contribution >= 0.6 is 11.3 Å². The van der Waals surface area contributed by atoms with Crippen molar-refractivity contribution in [3.05, 3.63) is 16.6 Å². The Hall–Kier alpha value is -1.63. The highest BCUT2D eigenvalue weighted by Gasteiger charge is 2.34. The van der Waals surface area contributed by atoms with E-state index in [9.17, 15) is 14.7 Å². The molecule has 20 heavy (non-hydrogen) atoms. The Labute approximate surface area is 122 Å². The Morgan fingerprint density at radius 3 is 2.55 bits per heavy atom. The van der Waals surface area contributed by atoms with Crippen molar-refractivity contribution in [3.63, 3.8) is 0 Å². The van der Waals surface area contributed by atoms with Crippen molar-refractivity contribution in [2.45, 2.75) is 45.8 Å². The summed E-state index contributed by atoms with van der Waals surface area (Å²) in [5.74, 6) is -1.09. The maximum Gasteiger partial charge on any atom is 0.411 e. The summed E-state index contributed by atoms with van der Waals surface area (Å²) >= 11 is 1.21. The fourth-order valence-electron chi connectivity index (χ4n) is 1.66. The van der Waals surface area contributed by atoms with Crippen molar-refractivity contribution < 1.29 is 19.4 Å². The average molecular weight is 300 g/mol. The number of carboxylic acid groups (broad SMARTS) is 1. The van der Waals surface area contributed by atoms with Gasteiger partial charge in [0.25, 0.3) is 0 Å². The quantitative estimate of drug-likeness (QED) is 0.904. The molecule has 1 rings (SSSR count). The Kier molecular flexibility index (Phi) is 5.50. The highest BCUT2D eigenvalue weighted by molar-refractivity contribution is 7.09. The lowest BCUT2D eigenvalue weighted by atomic mass is 10.2. The minimum atomic E-state index is -1.09. The minimum absolute atomic E-state index is 0.309. The van der Waals surface area contributed by atoms with Gasteiger partial charge in [-0.3, -0.25) is 9.88 Å². The van der Waals surface area contributed by atoms with E-state index >= 15 is 0 Å². The molecule has 1 atom stereocenters. The molecule has 1 aromatic heterocycles. The van der Waals surface area contributed by atoms with Gasteiger partial charge in [0.2, 0.25) is 0 Å². The third-order valence-corrected chi connectivity index (χ3v) is 3.19. The topological polar surface area (TPSA) is 79.7 Å². The van der Waals surface area contributed by atoms with Gasteiger partial charge in [-0.25, -0.2) is 9.59 Å². The molecule has 7 heteroatoms. The SMILES string of the molecule is CCCN(C(=O)OC(C)(C)C)C(C(=O)O)c1cncs1. The van der Waals surface area contributed by atoms with Crippen molar-refractivity contribution >= 4 is 23.4 Å². The Morgan fingerprint density at radius 2 is 2.15 bits per heavy atom. The molecule has 1 unspecified atom stereocenters. The minimum Gasteiger partial charge on any atom is -0.479 e. The summed E-state index contributed by atoms with van der Waals surface area (Å²) in [6, 6.07) is -1.06. The second-order valence-corrected chi connectivity index (χ2v) is 6.24. The van der Waals surface area contributed by atoms with Crippen LogP contribution in [0.3, 0.4) is 0 Å². The maximum atomic E-state index is 12.2. The summed E-state index contributed by atoms with van der Waals surface area (Å²) in [4.78, 5) is 29.4. The number of carbonyl (C=O) groups is 2. The number of nitrogens with zero attached hydrogens (tertiary/aromatic N) is 2. The van der Waals surface area contributed by atoms with E-state index in [1.165, 1.54) is 22.4 Å². The van der Waals surface area contributed by atoms with Gasteiger partial charge in [0.1, 0.15) is 5.60 Å². The highest BCUT2D eigenvalue weighted by atomic mass is 32.1. The smallest absolute Gasteiger partial charge is 0.411 e. The highest BCUT2D eigenvalue weighted by Crippen LogP contribution is 2.26. The van der Waals surface area contributed by atoms with Crippen LogP contribution in [-0.4, -0.2) is 39.2 Å². The van der Waals surface area contributed by atoms with E-state index in [-0.39, 0.29) is 0 Å². The van der Waals surface area contributed by atoms with E-state index in [0.717, 1.165) is 0 Å². The van der Waals surface area contributed by atoms with E-state index in [0.29, 0.717) is 17.8 Å². The van der Waals surface area contributed by atoms with Crippen LogP contribution in [0, 0.1) is 0 Å². The molecular formula is C13H20N2O4S. The summed E-state index contributed by atoms with van der Waals surface area (Å²) in [6.45, 7) is 7.43. The number of hydrogen-bond acceptors (Lipinski definition) is 5. The molecule has 0 aliphatic heterocycles. The molecule has 6 nitrogen and oxygen atoms in total. The van der Waals surface area contributed by atoms with Crippen LogP contribution in [0.4, 0.5) is 4.79 Å². The van der Waals surface area contributed by atoms with Gasteiger partial charge < -0.3 is 9.84 Å². The third-order valence-electron chi connectivity index (χ3n) is 2.36. The number of ether oxygens (including phenoxy) is 1.